The van der Waals surface area contributed by atoms with E-state index in [2.05, 4.69) is 5.32 Å². The molecular formula is C10H12ClF3N2. The highest BCUT2D eigenvalue weighted by atomic mass is 35.5. The average Bonchev–Trinajstić information content (AvgIpc) is 2.19. The Morgan fingerprint density at radius 2 is 2.00 bits per heavy atom. The number of alkyl halides is 4. The predicted octanol–water partition coefficient (Wildman–Crippen LogP) is 3.11. The Bertz CT molecular complexity index is 377. The first-order valence-electron chi connectivity index (χ1n) is 4.64. The van der Waals surface area contributed by atoms with Crippen molar-refractivity contribution in [2.24, 2.45) is 0 Å². The van der Waals surface area contributed by atoms with Crippen LogP contribution in [0.3, 0.4) is 0 Å². The van der Waals surface area contributed by atoms with E-state index in [4.69, 9.17) is 17.3 Å². The Morgan fingerprint density at radius 1 is 1.38 bits per heavy atom. The SMILES string of the molecule is CNc1ccc(C(F)(F)F)c(CCCl)c1N. The van der Waals surface area contributed by atoms with Crippen LogP contribution in [0.25, 0.3) is 0 Å². The van der Waals surface area contributed by atoms with Crippen LogP contribution < -0.4 is 11.1 Å². The average molecular weight is 253 g/mol. The van der Waals surface area contributed by atoms with E-state index >= 15 is 0 Å². The molecule has 1 aromatic carbocycles. The highest BCUT2D eigenvalue weighted by molar-refractivity contribution is 6.18. The second-order valence-electron chi connectivity index (χ2n) is 3.24. The highest BCUT2D eigenvalue weighted by Crippen LogP contribution is 2.37. The van der Waals surface area contributed by atoms with E-state index in [0.29, 0.717) is 5.69 Å². The number of halogens is 4. The minimum Gasteiger partial charge on any atom is -0.397 e. The molecular weight excluding hydrogens is 241 g/mol. The van der Waals surface area contributed by atoms with Gasteiger partial charge in [-0.05, 0) is 24.1 Å². The number of nitrogens with two attached hydrogens (primary N) is 1. The van der Waals surface area contributed by atoms with E-state index in [-0.39, 0.29) is 23.6 Å². The molecule has 0 heterocycles. The van der Waals surface area contributed by atoms with E-state index in [1.807, 2.05) is 0 Å². The van der Waals surface area contributed by atoms with Gasteiger partial charge in [-0.3, -0.25) is 0 Å². The highest BCUT2D eigenvalue weighted by Gasteiger charge is 2.34. The van der Waals surface area contributed by atoms with E-state index in [0.717, 1.165) is 6.07 Å². The van der Waals surface area contributed by atoms with Gasteiger partial charge in [0.25, 0.3) is 0 Å². The summed E-state index contributed by atoms with van der Waals surface area (Å²) in [6.07, 6.45) is -4.31. The minimum atomic E-state index is -4.40. The van der Waals surface area contributed by atoms with Crippen molar-refractivity contribution in [1.82, 2.24) is 0 Å². The first-order valence-corrected chi connectivity index (χ1v) is 5.17. The number of hydrogen-bond acceptors (Lipinski definition) is 2. The molecule has 0 aliphatic rings. The molecule has 0 radical (unpaired) electrons. The first-order chi connectivity index (χ1) is 7.41. The lowest BCUT2D eigenvalue weighted by Crippen LogP contribution is -2.13. The number of nitrogen functional groups attached to an aromatic ring is 1. The molecule has 2 nitrogen and oxygen atoms in total. The Labute approximate surface area is 96.6 Å². The fourth-order valence-electron chi connectivity index (χ4n) is 1.51. The predicted molar refractivity (Wildman–Crippen MR) is 59.8 cm³/mol. The van der Waals surface area contributed by atoms with Crippen molar-refractivity contribution >= 4 is 23.0 Å². The van der Waals surface area contributed by atoms with Gasteiger partial charge in [-0.1, -0.05) is 0 Å². The maximum Gasteiger partial charge on any atom is 0.416 e. The third-order valence-corrected chi connectivity index (χ3v) is 2.47. The van der Waals surface area contributed by atoms with Gasteiger partial charge < -0.3 is 11.1 Å². The van der Waals surface area contributed by atoms with Crippen molar-refractivity contribution in [3.8, 4) is 0 Å². The molecule has 1 rings (SSSR count). The monoisotopic (exact) mass is 252 g/mol. The minimum absolute atomic E-state index is 0.0503. The molecule has 0 aliphatic carbocycles. The van der Waals surface area contributed by atoms with Crippen LogP contribution in [-0.2, 0) is 12.6 Å². The Hall–Kier alpha value is -1.10. The first kappa shape index (κ1) is 13.0. The normalized spacial score (nSPS) is 11.6. The molecule has 0 saturated heterocycles. The smallest absolute Gasteiger partial charge is 0.397 e. The summed E-state index contributed by atoms with van der Waals surface area (Å²) >= 11 is 5.48. The van der Waals surface area contributed by atoms with Crippen LogP contribution in [0.2, 0.25) is 0 Å². The molecule has 1 aromatic rings. The molecule has 0 atom stereocenters. The molecule has 16 heavy (non-hydrogen) atoms. The standard InChI is InChI=1S/C10H12ClF3N2/c1-16-8-3-2-7(10(12,13)14)6(4-5-11)9(8)15/h2-3,16H,4-5,15H2,1H3. The molecule has 0 bridgehead atoms. The van der Waals surface area contributed by atoms with Crippen molar-refractivity contribution < 1.29 is 13.2 Å². The molecule has 0 aliphatic heterocycles. The maximum absolute atomic E-state index is 12.7. The largest absolute Gasteiger partial charge is 0.416 e. The van der Waals surface area contributed by atoms with E-state index in [1.54, 1.807) is 7.05 Å². The summed E-state index contributed by atoms with van der Waals surface area (Å²) in [7, 11) is 1.60. The Morgan fingerprint density at radius 3 is 2.44 bits per heavy atom. The van der Waals surface area contributed by atoms with Gasteiger partial charge in [-0.25, -0.2) is 0 Å². The van der Waals surface area contributed by atoms with E-state index in [1.165, 1.54) is 6.07 Å². The number of anilines is 2. The summed E-state index contributed by atoms with van der Waals surface area (Å²) in [4.78, 5) is 0. The van der Waals surface area contributed by atoms with Crippen molar-refractivity contribution in [3.63, 3.8) is 0 Å². The molecule has 0 fully saturated rings. The van der Waals surface area contributed by atoms with Gasteiger partial charge >= 0.3 is 6.18 Å². The lowest BCUT2D eigenvalue weighted by molar-refractivity contribution is -0.138. The third kappa shape index (κ3) is 2.52. The zero-order valence-electron chi connectivity index (χ0n) is 8.66. The molecule has 0 amide bonds. The summed E-state index contributed by atoms with van der Waals surface area (Å²) in [5, 5.41) is 2.74. The summed E-state index contributed by atoms with van der Waals surface area (Å²) in [5.41, 5.74) is 5.58. The number of benzene rings is 1. The van der Waals surface area contributed by atoms with Crippen LogP contribution in [0.5, 0.6) is 0 Å². The van der Waals surface area contributed by atoms with E-state index < -0.39 is 11.7 Å². The molecule has 0 aromatic heterocycles. The van der Waals surface area contributed by atoms with Crippen LogP contribution >= 0.6 is 11.6 Å². The third-order valence-electron chi connectivity index (χ3n) is 2.28. The quantitative estimate of drug-likeness (QED) is 0.641. The van der Waals surface area contributed by atoms with E-state index in [9.17, 15) is 13.2 Å². The zero-order valence-corrected chi connectivity index (χ0v) is 9.41. The van der Waals surface area contributed by atoms with Gasteiger partial charge in [-0.15, -0.1) is 11.6 Å². The molecule has 3 N–H and O–H groups in total. The molecule has 90 valence electrons. The van der Waals surface area contributed by atoms with Gasteiger partial charge in [0, 0.05) is 12.9 Å². The van der Waals surface area contributed by atoms with Gasteiger partial charge in [0.05, 0.1) is 16.9 Å². The van der Waals surface area contributed by atoms with Gasteiger partial charge in [0.1, 0.15) is 0 Å². The lowest BCUT2D eigenvalue weighted by Gasteiger charge is -2.17. The van der Waals surface area contributed by atoms with Crippen LogP contribution in [0.15, 0.2) is 12.1 Å². The van der Waals surface area contributed by atoms with Crippen molar-refractivity contribution in [2.75, 3.05) is 24.0 Å². The maximum atomic E-state index is 12.7. The fourth-order valence-corrected chi connectivity index (χ4v) is 1.70. The number of nitrogens with one attached hydrogen (secondary N) is 1. The topological polar surface area (TPSA) is 38.0 Å². The number of hydrogen-bond donors (Lipinski definition) is 2. The fraction of sp³-hybridized carbons (Fsp3) is 0.400. The van der Waals surface area contributed by atoms with Crippen LogP contribution in [0.4, 0.5) is 24.5 Å². The molecule has 0 unspecified atom stereocenters. The van der Waals surface area contributed by atoms with Gasteiger partial charge in [0.2, 0.25) is 0 Å². The molecule has 6 heteroatoms. The summed E-state index contributed by atoms with van der Waals surface area (Å²) in [6, 6.07) is 2.33. The van der Waals surface area contributed by atoms with Crippen LogP contribution in [-0.4, -0.2) is 12.9 Å². The molecule has 0 saturated carbocycles. The van der Waals surface area contributed by atoms with Crippen molar-refractivity contribution in [3.05, 3.63) is 23.3 Å². The lowest BCUT2D eigenvalue weighted by atomic mass is 10.0. The van der Waals surface area contributed by atoms with Crippen molar-refractivity contribution in [2.45, 2.75) is 12.6 Å². The summed E-state index contributed by atoms with van der Waals surface area (Å²) in [6.45, 7) is 0. The van der Waals surface area contributed by atoms with Gasteiger partial charge in [0.15, 0.2) is 0 Å². The zero-order chi connectivity index (χ0) is 12.3. The van der Waals surface area contributed by atoms with Crippen LogP contribution in [0, 0.1) is 0 Å². The Balaban J connectivity index is 3.34. The summed E-state index contributed by atoms with van der Waals surface area (Å²) in [5.74, 6) is 0.0977. The number of rotatable bonds is 3. The van der Waals surface area contributed by atoms with Gasteiger partial charge in [-0.2, -0.15) is 13.2 Å². The second kappa shape index (κ2) is 4.82. The molecule has 0 spiro atoms. The second-order valence-corrected chi connectivity index (χ2v) is 3.62. The summed E-state index contributed by atoms with van der Waals surface area (Å²) < 4.78 is 38.0. The Kier molecular flexibility index (Phi) is 3.91. The van der Waals surface area contributed by atoms with Crippen molar-refractivity contribution in [1.29, 1.82) is 0 Å². The van der Waals surface area contributed by atoms with Crippen LogP contribution in [0.1, 0.15) is 11.1 Å².